The van der Waals surface area contributed by atoms with Gasteiger partial charge < -0.3 is 4.74 Å². The molecule has 0 unspecified atom stereocenters. The van der Waals surface area contributed by atoms with Crippen molar-refractivity contribution in [1.82, 2.24) is 0 Å². The van der Waals surface area contributed by atoms with Crippen molar-refractivity contribution in [3.63, 3.8) is 0 Å². The molecule has 3 heteroatoms. The van der Waals surface area contributed by atoms with Gasteiger partial charge in [-0.1, -0.05) is 24.3 Å². The minimum atomic E-state index is -0.0533. The molecular weight excluding hydrogens is 238 g/mol. The van der Waals surface area contributed by atoms with Crippen molar-refractivity contribution in [3.05, 3.63) is 65.2 Å². The van der Waals surface area contributed by atoms with Gasteiger partial charge in [-0.3, -0.25) is 4.79 Å². The number of hydrogen-bond acceptors (Lipinski definition) is 3. The van der Waals surface area contributed by atoms with Crippen LogP contribution in [0.25, 0.3) is 0 Å². The van der Waals surface area contributed by atoms with Crippen LogP contribution in [0.2, 0.25) is 0 Å². The van der Waals surface area contributed by atoms with Crippen LogP contribution < -0.4 is 4.74 Å². The minimum absolute atomic E-state index is 0.00322. The fraction of sp³-hybridized carbons (Fsp3) is 0.125. The highest BCUT2D eigenvalue weighted by Crippen LogP contribution is 2.13. The molecule has 2 aromatic rings. The Bertz CT molecular complexity index is 624. The van der Waals surface area contributed by atoms with Crippen molar-refractivity contribution >= 4 is 5.78 Å². The zero-order valence-corrected chi connectivity index (χ0v) is 10.6. The number of hydrogen-bond donors (Lipinski definition) is 0. The highest BCUT2D eigenvalue weighted by Gasteiger charge is 2.09. The number of carbonyl (C=O) groups excluding carboxylic acids is 1. The lowest BCUT2D eigenvalue weighted by Gasteiger charge is -2.07. The molecule has 0 aliphatic carbocycles. The van der Waals surface area contributed by atoms with Gasteiger partial charge in [0, 0.05) is 5.56 Å². The van der Waals surface area contributed by atoms with Crippen LogP contribution in [0.5, 0.6) is 5.75 Å². The molecule has 0 fully saturated rings. The number of benzene rings is 2. The van der Waals surface area contributed by atoms with Gasteiger partial charge in [0.05, 0.1) is 11.6 Å². The Balaban J connectivity index is 2.01. The van der Waals surface area contributed by atoms with E-state index in [0.29, 0.717) is 16.9 Å². The average Bonchev–Trinajstić information content (AvgIpc) is 2.46. The molecule has 0 atom stereocenters. The summed E-state index contributed by atoms with van der Waals surface area (Å²) in [6.07, 6.45) is 0. The predicted molar refractivity (Wildman–Crippen MR) is 72.2 cm³/mol. The van der Waals surface area contributed by atoms with Gasteiger partial charge in [-0.25, -0.2) is 0 Å². The number of nitrogens with zero attached hydrogens (tertiary/aromatic N) is 1. The van der Waals surface area contributed by atoms with Gasteiger partial charge in [0.1, 0.15) is 5.75 Å². The number of ether oxygens (including phenoxy) is 1. The average molecular weight is 251 g/mol. The molecule has 0 saturated carbocycles. The van der Waals surface area contributed by atoms with E-state index in [0.717, 1.165) is 5.56 Å². The number of carbonyl (C=O) groups is 1. The quantitative estimate of drug-likeness (QED) is 0.784. The molecule has 0 aliphatic heterocycles. The maximum Gasteiger partial charge on any atom is 0.200 e. The molecular formula is C16H13NO2. The lowest BCUT2D eigenvalue weighted by molar-refractivity contribution is 0.0921. The maximum absolute atomic E-state index is 12.0. The molecule has 3 nitrogen and oxygen atoms in total. The molecule has 2 rings (SSSR count). The zero-order valence-electron chi connectivity index (χ0n) is 10.6. The number of aryl methyl sites for hydroxylation is 1. The van der Waals surface area contributed by atoms with Gasteiger partial charge in [-0.2, -0.15) is 5.26 Å². The molecule has 19 heavy (non-hydrogen) atoms. The van der Waals surface area contributed by atoms with Gasteiger partial charge in [0.25, 0.3) is 0 Å². The van der Waals surface area contributed by atoms with E-state index in [1.807, 2.05) is 31.2 Å². The fourth-order valence-corrected chi connectivity index (χ4v) is 1.74. The smallest absolute Gasteiger partial charge is 0.200 e. The van der Waals surface area contributed by atoms with Crippen LogP contribution in [0.4, 0.5) is 0 Å². The minimum Gasteiger partial charge on any atom is -0.485 e. The molecule has 0 N–H and O–H groups in total. The van der Waals surface area contributed by atoms with Crippen LogP contribution in [-0.4, -0.2) is 12.4 Å². The predicted octanol–water partition coefficient (Wildman–Crippen LogP) is 3.13. The Hall–Kier alpha value is -2.60. The molecule has 2 aromatic carbocycles. The van der Waals surface area contributed by atoms with Crippen LogP contribution in [-0.2, 0) is 0 Å². The highest BCUT2D eigenvalue weighted by atomic mass is 16.5. The molecule has 0 aliphatic rings. The van der Waals surface area contributed by atoms with E-state index in [1.165, 1.54) is 0 Å². The van der Waals surface area contributed by atoms with Gasteiger partial charge in [0.2, 0.25) is 0 Å². The molecule has 0 amide bonds. The summed E-state index contributed by atoms with van der Waals surface area (Å²) in [5.74, 6) is 0.531. The summed E-state index contributed by atoms with van der Waals surface area (Å²) in [6, 6.07) is 16.1. The molecule has 0 heterocycles. The van der Waals surface area contributed by atoms with Gasteiger partial charge in [0.15, 0.2) is 12.4 Å². The van der Waals surface area contributed by atoms with Crippen molar-refractivity contribution in [2.24, 2.45) is 0 Å². The number of ketones is 1. The maximum atomic E-state index is 12.0. The third-order valence-corrected chi connectivity index (χ3v) is 2.80. The van der Waals surface area contributed by atoms with E-state index in [2.05, 4.69) is 0 Å². The van der Waals surface area contributed by atoms with Crippen molar-refractivity contribution in [2.45, 2.75) is 6.92 Å². The van der Waals surface area contributed by atoms with Crippen molar-refractivity contribution in [1.29, 1.82) is 5.26 Å². The topological polar surface area (TPSA) is 50.1 Å². The van der Waals surface area contributed by atoms with Crippen LogP contribution in [0.1, 0.15) is 21.5 Å². The van der Waals surface area contributed by atoms with E-state index in [-0.39, 0.29) is 12.4 Å². The summed E-state index contributed by atoms with van der Waals surface area (Å²) in [6.45, 7) is 1.89. The molecule has 0 saturated heterocycles. The summed E-state index contributed by atoms with van der Waals surface area (Å²) < 4.78 is 5.42. The number of nitriles is 1. The van der Waals surface area contributed by atoms with Crippen LogP contribution >= 0.6 is 0 Å². The lowest BCUT2D eigenvalue weighted by atomic mass is 10.1. The second-order valence-corrected chi connectivity index (χ2v) is 4.16. The molecule has 0 spiro atoms. The summed E-state index contributed by atoms with van der Waals surface area (Å²) in [4.78, 5) is 12.0. The van der Waals surface area contributed by atoms with Crippen molar-refractivity contribution in [3.8, 4) is 11.8 Å². The second-order valence-electron chi connectivity index (χ2n) is 4.16. The molecule has 0 radical (unpaired) electrons. The summed E-state index contributed by atoms with van der Waals surface area (Å²) >= 11 is 0. The summed E-state index contributed by atoms with van der Waals surface area (Å²) in [5.41, 5.74) is 2.18. The van der Waals surface area contributed by atoms with Crippen LogP contribution in [0, 0.1) is 18.3 Å². The molecule has 0 bridgehead atoms. The first kappa shape index (κ1) is 12.8. The Labute approximate surface area is 112 Å². The zero-order chi connectivity index (χ0) is 13.7. The van der Waals surface area contributed by atoms with E-state index < -0.39 is 0 Å². The Kier molecular flexibility index (Phi) is 3.94. The van der Waals surface area contributed by atoms with E-state index in [4.69, 9.17) is 10.00 Å². The molecule has 0 aromatic heterocycles. The van der Waals surface area contributed by atoms with E-state index in [1.54, 1.807) is 30.3 Å². The summed E-state index contributed by atoms with van der Waals surface area (Å²) in [5, 5.41) is 8.68. The SMILES string of the molecule is Cc1ccccc1C(=O)COc1ccc(C#N)cc1. The normalized spacial score (nSPS) is 9.68. The van der Waals surface area contributed by atoms with Gasteiger partial charge in [-0.05, 0) is 36.8 Å². The third kappa shape index (κ3) is 3.20. The largest absolute Gasteiger partial charge is 0.485 e. The van der Waals surface area contributed by atoms with Crippen LogP contribution in [0.15, 0.2) is 48.5 Å². The second kappa shape index (κ2) is 5.83. The van der Waals surface area contributed by atoms with Crippen molar-refractivity contribution < 1.29 is 9.53 Å². The Morgan fingerprint density at radius 2 is 1.84 bits per heavy atom. The first-order valence-corrected chi connectivity index (χ1v) is 5.92. The van der Waals surface area contributed by atoms with E-state index in [9.17, 15) is 4.79 Å². The lowest BCUT2D eigenvalue weighted by Crippen LogP contribution is -2.12. The Morgan fingerprint density at radius 3 is 2.47 bits per heavy atom. The number of Topliss-reactive ketones (excluding diaryl/α,β-unsaturated/α-hetero) is 1. The van der Waals surface area contributed by atoms with Crippen LogP contribution in [0.3, 0.4) is 0 Å². The fourth-order valence-electron chi connectivity index (χ4n) is 1.74. The van der Waals surface area contributed by atoms with Gasteiger partial charge in [-0.15, -0.1) is 0 Å². The van der Waals surface area contributed by atoms with E-state index >= 15 is 0 Å². The van der Waals surface area contributed by atoms with Crippen molar-refractivity contribution in [2.75, 3.05) is 6.61 Å². The monoisotopic (exact) mass is 251 g/mol. The van der Waals surface area contributed by atoms with Gasteiger partial charge >= 0.3 is 0 Å². The first-order chi connectivity index (χ1) is 9.20. The Morgan fingerprint density at radius 1 is 1.16 bits per heavy atom. The third-order valence-electron chi connectivity index (χ3n) is 2.80. The molecule has 94 valence electrons. The highest BCUT2D eigenvalue weighted by molar-refractivity contribution is 5.98. The standard InChI is InChI=1S/C16H13NO2/c1-12-4-2-3-5-15(12)16(18)11-19-14-8-6-13(10-17)7-9-14/h2-9H,11H2,1H3. The first-order valence-electron chi connectivity index (χ1n) is 5.92. The summed E-state index contributed by atoms with van der Waals surface area (Å²) in [7, 11) is 0. The number of rotatable bonds is 4.